The quantitative estimate of drug-likeness (QED) is 0.850. The Morgan fingerprint density at radius 3 is 2.44 bits per heavy atom. The lowest BCUT2D eigenvalue weighted by molar-refractivity contribution is -0.139. The van der Waals surface area contributed by atoms with Crippen molar-refractivity contribution in [1.82, 2.24) is 9.88 Å². The van der Waals surface area contributed by atoms with Gasteiger partial charge in [-0.2, -0.15) is 0 Å². The summed E-state index contributed by atoms with van der Waals surface area (Å²) in [7, 11) is 0. The Bertz CT molecular complexity index is 799. The average molecular weight is 337 g/mol. The Labute approximate surface area is 145 Å². The van der Waals surface area contributed by atoms with E-state index in [1.807, 2.05) is 6.92 Å². The molecule has 0 radical (unpaired) electrons. The minimum Gasteiger partial charge on any atom is -0.322 e. The van der Waals surface area contributed by atoms with Crippen LogP contribution in [-0.2, 0) is 22.6 Å². The molecule has 0 unspecified atom stereocenters. The molecule has 1 aliphatic rings. The number of carbonyl (C=O) groups is 3. The minimum atomic E-state index is -0.208. The summed E-state index contributed by atoms with van der Waals surface area (Å²) >= 11 is 0. The molecule has 1 saturated heterocycles. The van der Waals surface area contributed by atoms with Crippen LogP contribution in [0.3, 0.4) is 0 Å². The normalized spacial score (nSPS) is 14.0. The topological polar surface area (TPSA) is 79.4 Å². The van der Waals surface area contributed by atoms with Crippen molar-refractivity contribution in [3.8, 4) is 0 Å². The zero-order valence-corrected chi connectivity index (χ0v) is 14.0. The minimum absolute atomic E-state index is 0.142. The second-order valence-corrected chi connectivity index (χ2v) is 5.91. The van der Waals surface area contributed by atoms with Crippen molar-refractivity contribution in [2.45, 2.75) is 32.7 Å². The Kier molecular flexibility index (Phi) is 4.88. The van der Waals surface area contributed by atoms with Crippen molar-refractivity contribution < 1.29 is 14.4 Å². The van der Waals surface area contributed by atoms with Crippen LogP contribution in [0.2, 0.25) is 0 Å². The Balaban J connectivity index is 1.68. The number of aryl methyl sites for hydroxylation is 1. The molecule has 3 rings (SSSR count). The molecular weight excluding hydrogens is 318 g/mol. The maximum Gasteiger partial charge on any atom is 0.255 e. The first kappa shape index (κ1) is 16.8. The van der Waals surface area contributed by atoms with E-state index in [-0.39, 0.29) is 37.1 Å². The van der Waals surface area contributed by atoms with E-state index in [1.54, 1.807) is 42.7 Å². The number of amides is 3. The van der Waals surface area contributed by atoms with Gasteiger partial charge in [-0.15, -0.1) is 0 Å². The van der Waals surface area contributed by atoms with Crippen LogP contribution in [0.1, 0.15) is 41.3 Å². The molecule has 1 aromatic heterocycles. The molecule has 2 heterocycles. The summed E-state index contributed by atoms with van der Waals surface area (Å²) in [6, 6.07) is 8.70. The second kappa shape index (κ2) is 7.25. The van der Waals surface area contributed by atoms with E-state index < -0.39 is 0 Å². The first-order valence-electron chi connectivity index (χ1n) is 8.25. The summed E-state index contributed by atoms with van der Waals surface area (Å²) in [6.07, 6.45) is 4.72. The number of hydrogen-bond acceptors (Lipinski definition) is 4. The third kappa shape index (κ3) is 3.74. The number of imide groups is 1. The van der Waals surface area contributed by atoms with E-state index in [0.717, 1.165) is 23.2 Å². The maximum atomic E-state index is 12.4. The Morgan fingerprint density at radius 2 is 1.80 bits per heavy atom. The fourth-order valence-corrected chi connectivity index (χ4v) is 2.77. The molecule has 1 fully saturated rings. The lowest BCUT2D eigenvalue weighted by atomic mass is 10.1. The van der Waals surface area contributed by atoms with Gasteiger partial charge in [0.05, 0.1) is 6.54 Å². The van der Waals surface area contributed by atoms with Crippen LogP contribution >= 0.6 is 0 Å². The molecule has 25 heavy (non-hydrogen) atoms. The first-order valence-corrected chi connectivity index (χ1v) is 8.25. The molecule has 0 bridgehead atoms. The standard InChI is InChI=1S/C19H19N3O3/c1-2-14-11-20-10-9-16(14)21-19(25)15-5-3-13(4-6-15)12-22-17(23)7-8-18(22)24/h3-6,9-11H,2,7-8,12H2,1H3,(H,20,21,25). The average Bonchev–Trinajstić information content (AvgIpc) is 2.94. The van der Waals surface area contributed by atoms with Gasteiger partial charge in [-0.05, 0) is 35.7 Å². The van der Waals surface area contributed by atoms with Gasteiger partial charge in [0.2, 0.25) is 11.8 Å². The van der Waals surface area contributed by atoms with Crippen LogP contribution in [0.4, 0.5) is 5.69 Å². The fraction of sp³-hybridized carbons (Fsp3) is 0.263. The van der Waals surface area contributed by atoms with E-state index in [4.69, 9.17) is 0 Å². The fourth-order valence-electron chi connectivity index (χ4n) is 2.77. The third-order valence-corrected chi connectivity index (χ3v) is 4.24. The van der Waals surface area contributed by atoms with Crippen molar-refractivity contribution in [1.29, 1.82) is 0 Å². The van der Waals surface area contributed by atoms with Gasteiger partial charge in [-0.1, -0.05) is 19.1 Å². The lowest BCUT2D eigenvalue weighted by Gasteiger charge is -2.14. The molecule has 2 aromatic rings. The number of benzene rings is 1. The number of anilines is 1. The van der Waals surface area contributed by atoms with E-state index in [1.165, 1.54) is 4.90 Å². The number of pyridine rings is 1. The van der Waals surface area contributed by atoms with Crippen LogP contribution < -0.4 is 5.32 Å². The summed E-state index contributed by atoms with van der Waals surface area (Å²) < 4.78 is 0. The highest BCUT2D eigenvalue weighted by molar-refractivity contribution is 6.04. The lowest BCUT2D eigenvalue weighted by Crippen LogP contribution is -2.28. The smallest absolute Gasteiger partial charge is 0.255 e. The largest absolute Gasteiger partial charge is 0.322 e. The van der Waals surface area contributed by atoms with Crippen LogP contribution in [0.5, 0.6) is 0 Å². The SMILES string of the molecule is CCc1cnccc1NC(=O)c1ccc(CN2C(=O)CCC2=O)cc1. The van der Waals surface area contributed by atoms with Gasteiger partial charge in [-0.25, -0.2) is 0 Å². The molecule has 1 aromatic carbocycles. The van der Waals surface area contributed by atoms with Crippen LogP contribution in [0.15, 0.2) is 42.7 Å². The van der Waals surface area contributed by atoms with E-state index >= 15 is 0 Å². The highest BCUT2D eigenvalue weighted by atomic mass is 16.2. The van der Waals surface area contributed by atoms with Crippen molar-refractivity contribution in [3.63, 3.8) is 0 Å². The number of carbonyl (C=O) groups excluding carboxylic acids is 3. The van der Waals surface area contributed by atoms with Crippen molar-refractivity contribution in [2.75, 3.05) is 5.32 Å². The van der Waals surface area contributed by atoms with Crippen LogP contribution in [0, 0.1) is 0 Å². The van der Waals surface area contributed by atoms with E-state index in [2.05, 4.69) is 10.3 Å². The van der Waals surface area contributed by atoms with Gasteiger partial charge < -0.3 is 5.32 Å². The predicted molar refractivity (Wildman–Crippen MR) is 92.8 cm³/mol. The molecule has 0 aliphatic carbocycles. The van der Waals surface area contributed by atoms with Crippen LogP contribution in [0.25, 0.3) is 0 Å². The summed E-state index contributed by atoms with van der Waals surface area (Å²) in [5.41, 5.74) is 3.05. The molecule has 128 valence electrons. The maximum absolute atomic E-state index is 12.4. The molecular formula is C19H19N3O3. The van der Waals surface area contributed by atoms with E-state index in [9.17, 15) is 14.4 Å². The van der Waals surface area contributed by atoms with Gasteiger partial charge in [0, 0.05) is 36.5 Å². The molecule has 0 saturated carbocycles. The number of aromatic nitrogens is 1. The van der Waals surface area contributed by atoms with E-state index in [0.29, 0.717) is 5.56 Å². The van der Waals surface area contributed by atoms with Crippen LogP contribution in [-0.4, -0.2) is 27.6 Å². The third-order valence-electron chi connectivity index (χ3n) is 4.24. The number of rotatable bonds is 5. The molecule has 3 amide bonds. The van der Waals surface area contributed by atoms with Gasteiger partial charge >= 0.3 is 0 Å². The number of hydrogen-bond donors (Lipinski definition) is 1. The van der Waals surface area contributed by atoms with Gasteiger partial charge in [0.15, 0.2) is 0 Å². The highest BCUT2D eigenvalue weighted by Crippen LogP contribution is 2.18. The Morgan fingerprint density at radius 1 is 1.12 bits per heavy atom. The molecule has 0 atom stereocenters. The van der Waals surface area contributed by atoms with Crippen molar-refractivity contribution >= 4 is 23.4 Å². The number of nitrogens with zero attached hydrogens (tertiary/aromatic N) is 2. The zero-order valence-electron chi connectivity index (χ0n) is 14.0. The number of likely N-dealkylation sites (tertiary alicyclic amines) is 1. The van der Waals surface area contributed by atoms with Crippen molar-refractivity contribution in [3.05, 3.63) is 59.4 Å². The molecule has 1 aliphatic heterocycles. The Hall–Kier alpha value is -3.02. The number of nitrogens with one attached hydrogen (secondary N) is 1. The summed E-state index contributed by atoms with van der Waals surface area (Å²) in [6.45, 7) is 2.26. The summed E-state index contributed by atoms with van der Waals surface area (Å²) in [4.78, 5) is 41.0. The predicted octanol–water partition coefficient (Wildman–Crippen LogP) is 2.55. The molecule has 6 heteroatoms. The second-order valence-electron chi connectivity index (χ2n) is 5.91. The van der Waals surface area contributed by atoms with Gasteiger partial charge in [0.1, 0.15) is 0 Å². The van der Waals surface area contributed by atoms with Gasteiger partial charge in [-0.3, -0.25) is 24.3 Å². The summed E-state index contributed by atoms with van der Waals surface area (Å²) in [5, 5.41) is 2.89. The molecule has 0 spiro atoms. The van der Waals surface area contributed by atoms with Gasteiger partial charge in [0.25, 0.3) is 5.91 Å². The zero-order chi connectivity index (χ0) is 17.8. The summed E-state index contributed by atoms with van der Waals surface area (Å²) in [5.74, 6) is -0.492. The monoisotopic (exact) mass is 337 g/mol. The van der Waals surface area contributed by atoms with Crippen molar-refractivity contribution in [2.24, 2.45) is 0 Å². The molecule has 6 nitrogen and oxygen atoms in total. The first-order chi connectivity index (χ1) is 12.1. The highest BCUT2D eigenvalue weighted by Gasteiger charge is 2.28. The molecule has 1 N–H and O–H groups in total.